The maximum atomic E-state index is 13.8. The number of nitrogens with zero attached hydrogens (tertiary/aromatic N) is 5. The number of aromatic nitrogens is 3. The topological polar surface area (TPSA) is 58.3 Å². The number of aliphatic imine (C=N–C) groups is 1. The van der Waals surface area contributed by atoms with Gasteiger partial charge >= 0.3 is 0 Å². The molecule has 1 saturated carbocycles. The van der Waals surface area contributed by atoms with E-state index in [0.29, 0.717) is 6.04 Å². The molecule has 0 spiro atoms. The number of aryl methyl sites for hydroxylation is 1. The number of hydrogen-bond donors (Lipinski definition) is 1. The van der Waals surface area contributed by atoms with Crippen molar-refractivity contribution >= 4 is 34.7 Å². The molecule has 6 rings (SSSR count). The third-order valence-corrected chi connectivity index (χ3v) is 8.50. The summed E-state index contributed by atoms with van der Waals surface area (Å²) in [5, 5.41) is 8.40. The standard InChI is InChI=1S/C24H25FN6S2/c1-24(15-3-5-16(25)6-4-15)21(19-9-11-30(2)28-19)20-13-17(29-33-18-7-8-18)14-31(20)22(27-24)23-26-10-12-32-23/h3-6,9-12,17-18,29H,7-8,13-14H2,1-2H3. The Labute approximate surface area is 200 Å². The van der Waals surface area contributed by atoms with Crippen LogP contribution in [0.5, 0.6) is 0 Å². The second-order valence-corrected chi connectivity index (χ2v) is 11.0. The third kappa shape index (κ3) is 3.82. The molecular weight excluding hydrogens is 455 g/mol. The summed E-state index contributed by atoms with van der Waals surface area (Å²) in [6, 6.07) is 9.06. The summed E-state index contributed by atoms with van der Waals surface area (Å²) in [6.45, 7) is 2.95. The van der Waals surface area contributed by atoms with Crippen LogP contribution in [-0.4, -0.2) is 43.3 Å². The van der Waals surface area contributed by atoms with Gasteiger partial charge in [0.15, 0.2) is 10.8 Å². The van der Waals surface area contributed by atoms with E-state index in [1.165, 1.54) is 30.7 Å². The Balaban J connectivity index is 1.52. The van der Waals surface area contributed by atoms with Gasteiger partial charge in [0.1, 0.15) is 11.4 Å². The molecule has 2 aliphatic heterocycles. The number of fused-ring (bicyclic) bond motifs is 1. The first-order valence-corrected chi connectivity index (χ1v) is 13.0. The first kappa shape index (κ1) is 21.1. The normalized spacial score (nSPS) is 24.9. The van der Waals surface area contributed by atoms with Crippen LogP contribution in [0.3, 0.4) is 0 Å². The van der Waals surface area contributed by atoms with Crippen molar-refractivity contribution in [1.29, 1.82) is 0 Å². The molecule has 0 bridgehead atoms. The molecule has 2 unspecified atom stereocenters. The van der Waals surface area contributed by atoms with Crippen molar-refractivity contribution in [3.63, 3.8) is 0 Å². The van der Waals surface area contributed by atoms with Crippen LogP contribution in [0, 0.1) is 5.82 Å². The number of hydrogen-bond acceptors (Lipinski definition) is 7. The lowest BCUT2D eigenvalue weighted by Crippen LogP contribution is -2.40. The first-order chi connectivity index (χ1) is 16.0. The van der Waals surface area contributed by atoms with E-state index in [-0.39, 0.29) is 5.82 Å². The first-order valence-electron chi connectivity index (χ1n) is 11.2. The van der Waals surface area contributed by atoms with Gasteiger partial charge in [0.25, 0.3) is 0 Å². The van der Waals surface area contributed by atoms with Gasteiger partial charge in [-0.1, -0.05) is 24.1 Å². The highest BCUT2D eigenvalue weighted by Gasteiger charge is 2.46. The molecule has 4 heterocycles. The largest absolute Gasteiger partial charge is 0.326 e. The number of thiazole rings is 1. The molecule has 0 amide bonds. The fourth-order valence-electron chi connectivity index (χ4n) is 4.68. The zero-order valence-electron chi connectivity index (χ0n) is 18.5. The van der Waals surface area contributed by atoms with E-state index < -0.39 is 5.54 Å². The predicted octanol–water partition coefficient (Wildman–Crippen LogP) is 4.58. The van der Waals surface area contributed by atoms with E-state index in [1.807, 2.05) is 59.7 Å². The van der Waals surface area contributed by atoms with Gasteiger partial charge in [-0.05, 0) is 43.5 Å². The van der Waals surface area contributed by atoms with Gasteiger partial charge in [0, 0.05) is 60.3 Å². The third-order valence-electron chi connectivity index (χ3n) is 6.45. The van der Waals surface area contributed by atoms with Gasteiger partial charge in [-0.2, -0.15) is 5.10 Å². The molecule has 2 atom stereocenters. The van der Waals surface area contributed by atoms with Crippen LogP contribution in [-0.2, 0) is 12.6 Å². The van der Waals surface area contributed by atoms with Crippen LogP contribution < -0.4 is 4.72 Å². The monoisotopic (exact) mass is 480 g/mol. The van der Waals surface area contributed by atoms with E-state index in [4.69, 9.17) is 10.1 Å². The zero-order chi connectivity index (χ0) is 22.6. The Morgan fingerprint density at radius 2 is 2.03 bits per heavy atom. The van der Waals surface area contributed by atoms with Crippen molar-refractivity contribution in [2.24, 2.45) is 12.0 Å². The summed E-state index contributed by atoms with van der Waals surface area (Å²) in [6.07, 6.45) is 7.26. The molecule has 1 aliphatic carbocycles. The second kappa shape index (κ2) is 8.07. The van der Waals surface area contributed by atoms with Crippen molar-refractivity contribution in [3.8, 4) is 0 Å². The Bertz CT molecular complexity index is 1230. The van der Waals surface area contributed by atoms with Gasteiger partial charge in [-0.15, -0.1) is 11.3 Å². The molecule has 1 aromatic carbocycles. The SMILES string of the molecule is Cn1ccc(C2=C3CC(NSC4CC4)CN3C(c3nccs3)=NC2(C)c2ccc(F)cc2)n1. The Morgan fingerprint density at radius 3 is 2.70 bits per heavy atom. The summed E-state index contributed by atoms with van der Waals surface area (Å²) in [5.74, 6) is 0.630. The van der Waals surface area contributed by atoms with Crippen LogP contribution in [0.1, 0.15) is 42.5 Å². The van der Waals surface area contributed by atoms with Gasteiger partial charge in [0.2, 0.25) is 0 Å². The minimum absolute atomic E-state index is 0.252. The molecule has 2 fully saturated rings. The lowest BCUT2D eigenvalue weighted by atomic mass is 9.80. The van der Waals surface area contributed by atoms with Crippen molar-refractivity contribution < 1.29 is 4.39 Å². The van der Waals surface area contributed by atoms with Gasteiger partial charge in [-0.25, -0.2) is 14.4 Å². The van der Waals surface area contributed by atoms with Crippen LogP contribution >= 0.6 is 23.3 Å². The molecule has 6 nitrogen and oxygen atoms in total. The molecule has 3 aromatic rings. The number of rotatable bonds is 6. The quantitative estimate of drug-likeness (QED) is 0.524. The van der Waals surface area contributed by atoms with Crippen LogP contribution in [0.25, 0.3) is 5.57 Å². The Morgan fingerprint density at radius 1 is 1.21 bits per heavy atom. The highest BCUT2D eigenvalue weighted by molar-refractivity contribution is 7.98. The average Bonchev–Trinajstić information content (AvgIpc) is 3.17. The fraction of sp³-hybridized carbons (Fsp3) is 0.375. The summed E-state index contributed by atoms with van der Waals surface area (Å²) < 4.78 is 19.4. The van der Waals surface area contributed by atoms with Crippen molar-refractivity contribution in [3.05, 3.63) is 75.9 Å². The highest BCUT2D eigenvalue weighted by atomic mass is 32.2. The van der Waals surface area contributed by atoms with Crippen LogP contribution in [0.2, 0.25) is 0 Å². The highest BCUT2D eigenvalue weighted by Crippen LogP contribution is 2.48. The van der Waals surface area contributed by atoms with Crippen LogP contribution in [0.4, 0.5) is 4.39 Å². The number of amidine groups is 1. The summed E-state index contributed by atoms with van der Waals surface area (Å²) in [5.41, 5.74) is 3.43. The summed E-state index contributed by atoms with van der Waals surface area (Å²) >= 11 is 3.47. The Hall–Kier alpha value is -2.49. The summed E-state index contributed by atoms with van der Waals surface area (Å²) in [7, 11) is 1.93. The van der Waals surface area contributed by atoms with E-state index in [0.717, 1.165) is 45.9 Å². The number of nitrogens with one attached hydrogen (secondary N) is 1. The molecule has 1 saturated heterocycles. The lowest BCUT2D eigenvalue weighted by molar-refractivity contribution is 0.507. The smallest absolute Gasteiger partial charge is 0.166 e. The van der Waals surface area contributed by atoms with Crippen molar-refractivity contribution in [2.45, 2.75) is 43.0 Å². The zero-order valence-corrected chi connectivity index (χ0v) is 20.2. The second-order valence-electron chi connectivity index (χ2n) is 8.99. The number of benzene rings is 1. The lowest BCUT2D eigenvalue weighted by Gasteiger charge is -2.38. The molecule has 9 heteroatoms. The maximum Gasteiger partial charge on any atom is 0.166 e. The Kier molecular flexibility index (Phi) is 5.15. The van der Waals surface area contributed by atoms with E-state index in [1.54, 1.807) is 11.3 Å². The maximum absolute atomic E-state index is 13.8. The average molecular weight is 481 g/mol. The van der Waals surface area contributed by atoms with E-state index >= 15 is 0 Å². The molecule has 2 aromatic heterocycles. The molecule has 1 N–H and O–H groups in total. The number of halogens is 1. The van der Waals surface area contributed by atoms with Crippen LogP contribution in [0.15, 0.2) is 58.8 Å². The van der Waals surface area contributed by atoms with Crippen molar-refractivity contribution in [2.75, 3.05) is 6.54 Å². The predicted molar refractivity (Wildman–Crippen MR) is 131 cm³/mol. The molecule has 33 heavy (non-hydrogen) atoms. The van der Waals surface area contributed by atoms with Crippen molar-refractivity contribution in [1.82, 2.24) is 24.4 Å². The van der Waals surface area contributed by atoms with E-state index in [2.05, 4.69) is 21.5 Å². The van der Waals surface area contributed by atoms with E-state index in [9.17, 15) is 4.39 Å². The van der Waals surface area contributed by atoms with Gasteiger partial charge in [-0.3, -0.25) is 9.40 Å². The minimum atomic E-state index is -0.715. The fourth-order valence-corrected chi connectivity index (χ4v) is 6.23. The molecule has 0 radical (unpaired) electrons. The molecule has 170 valence electrons. The van der Waals surface area contributed by atoms with Gasteiger partial charge in [0.05, 0.1) is 5.69 Å². The summed E-state index contributed by atoms with van der Waals surface area (Å²) in [4.78, 5) is 12.3. The van der Waals surface area contributed by atoms with Gasteiger partial charge < -0.3 is 4.90 Å². The molecular formula is C24H25FN6S2. The minimum Gasteiger partial charge on any atom is -0.326 e. The molecule has 3 aliphatic rings.